The second-order valence-electron chi connectivity index (χ2n) is 5.82. The van der Waals surface area contributed by atoms with Gasteiger partial charge in [0.15, 0.2) is 0 Å². The van der Waals surface area contributed by atoms with Gasteiger partial charge in [-0.3, -0.25) is 0 Å². The van der Waals surface area contributed by atoms with Crippen molar-refractivity contribution in [2.75, 3.05) is 6.54 Å². The van der Waals surface area contributed by atoms with E-state index in [2.05, 4.69) is 4.72 Å². The molecule has 6 heteroatoms. The normalized spacial score (nSPS) is 18.1. The van der Waals surface area contributed by atoms with E-state index in [1.54, 1.807) is 30.3 Å². The summed E-state index contributed by atoms with van der Waals surface area (Å²) in [6, 6.07) is 10.0. The molecule has 22 heavy (non-hydrogen) atoms. The molecule has 0 radical (unpaired) electrons. The highest BCUT2D eigenvalue weighted by molar-refractivity contribution is 7.89. The van der Waals surface area contributed by atoms with E-state index in [4.69, 9.17) is 4.42 Å². The van der Waals surface area contributed by atoms with E-state index in [9.17, 15) is 13.5 Å². The zero-order valence-electron chi connectivity index (χ0n) is 12.3. The first-order valence-electron chi connectivity index (χ1n) is 7.24. The highest BCUT2D eigenvalue weighted by Crippen LogP contribution is 2.45. The molecule has 1 aliphatic carbocycles. The quantitative estimate of drug-likeness (QED) is 0.854. The van der Waals surface area contributed by atoms with Crippen molar-refractivity contribution in [1.29, 1.82) is 0 Å². The summed E-state index contributed by atoms with van der Waals surface area (Å²) in [5.74, 6) is 0.431. The third kappa shape index (κ3) is 2.95. The van der Waals surface area contributed by atoms with E-state index in [1.165, 1.54) is 6.26 Å². The maximum atomic E-state index is 12.4. The SMILES string of the molecule is Cc1cccc(S(=O)(=O)NCC(O)(c2ccco2)C2CC2)c1. The van der Waals surface area contributed by atoms with Gasteiger partial charge < -0.3 is 9.52 Å². The number of rotatable bonds is 6. The van der Waals surface area contributed by atoms with Crippen LogP contribution in [0.2, 0.25) is 0 Å². The van der Waals surface area contributed by atoms with E-state index >= 15 is 0 Å². The lowest BCUT2D eigenvalue weighted by atomic mass is 9.95. The third-order valence-electron chi connectivity index (χ3n) is 4.03. The third-order valence-corrected chi connectivity index (χ3v) is 5.43. The van der Waals surface area contributed by atoms with Crippen molar-refractivity contribution in [2.24, 2.45) is 5.92 Å². The van der Waals surface area contributed by atoms with Gasteiger partial charge in [-0.05, 0) is 55.5 Å². The minimum atomic E-state index is -3.66. The summed E-state index contributed by atoms with van der Waals surface area (Å²) in [6.45, 7) is 1.74. The van der Waals surface area contributed by atoms with E-state index in [0.29, 0.717) is 5.76 Å². The lowest BCUT2D eigenvalue weighted by Gasteiger charge is -2.26. The summed E-state index contributed by atoms with van der Waals surface area (Å²) in [5.41, 5.74) is -0.424. The molecule has 3 rings (SSSR count). The summed E-state index contributed by atoms with van der Waals surface area (Å²) in [6.07, 6.45) is 3.21. The van der Waals surface area contributed by atoms with Gasteiger partial charge in [-0.1, -0.05) is 12.1 Å². The molecule has 1 aromatic heterocycles. The first kappa shape index (κ1) is 15.3. The zero-order chi connectivity index (χ0) is 15.8. The highest BCUT2D eigenvalue weighted by Gasteiger charge is 2.47. The molecule has 0 bridgehead atoms. The molecule has 1 unspecified atom stereocenters. The predicted octanol–water partition coefficient (Wildman–Crippen LogP) is 2.16. The van der Waals surface area contributed by atoms with Gasteiger partial charge in [0.1, 0.15) is 11.4 Å². The second-order valence-corrected chi connectivity index (χ2v) is 7.58. The van der Waals surface area contributed by atoms with Crippen LogP contribution in [0.15, 0.2) is 52.0 Å². The van der Waals surface area contributed by atoms with Gasteiger partial charge in [0.25, 0.3) is 0 Å². The first-order chi connectivity index (χ1) is 10.4. The van der Waals surface area contributed by atoms with Crippen molar-refractivity contribution < 1.29 is 17.9 Å². The molecule has 0 amide bonds. The predicted molar refractivity (Wildman–Crippen MR) is 81.7 cm³/mol. The Balaban J connectivity index is 1.81. The maximum absolute atomic E-state index is 12.4. The van der Waals surface area contributed by atoms with E-state index in [0.717, 1.165) is 18.4 Å². The Morgan fingerprint density at radius 3 is 2.68 bits per heavy atom. The number of aryl methyl sites for hydroxylation is 1. The van der Waals surface area contributed by atoms with Crippen molar-refractivity contribution in [3.8, 4) is 0 Å². The van der Waals surface area contributed by atoms with Crippen LogP contribution in [-0.2, 0) is 15.6 Å². The van der Waals surface area contributed by atoms with Crippen LogP contribution < -0.4 is 4.72 Å². The number of nitrogens with one attached hydrogen (secondary N) is 1. The molecule has 0 spiro atoms. The summed E-state index contributed by atoms with van der Waals surface area (Å²) >= 11 is 0. The molecule has 5 nitrogen and oxygen atoms in total. The number of sulfonamides is 1. The van der Waals surface area contributed by atoms with Gasteiger partial charge in [0.2, 0.25) is 10.0 Å². The maximum Gasteiger partial charge on any atom is 0.240 e. The lowest BCUT2D eigenvalue weighted by Crippen LogP contribution is -2.42. The smallest absolute Gasteiger partial charge is 0.240 e. The molecule has 2 aromatic rings. The molecule has 0 aliphatic heterocycles. The average Bonchev–Trinajstić information content (AvgIpc) is 3.20. The Bertz CT molecular complexity index is 750. The Kier molecular flexibility index (Phi) is 3.84. The van der Waals surface area contributed by atoms with E-state index in [1.807, 2.05) is 13.0 Å². The fourth-order valence-electron chi connectivity index (χ4n) is 2.59. The first-order valence-corrected chi connectivity index (χ1v) is 8.73. The minimum Gasteiger partial charge on any atom is -0.466 e. The molecular weight excluding hydrogens is 302 g/mol. The minimum absolute atomic E-state index is 0.0267. The largest absolute Gasteiger partial charge is 0.466 e. The molecule has 1 aliphatic rings. The number of hydrogen-bond donors (Lipinski definition) is 2. The summed E-state index contributed by atoms with van der Waals surface area (Å²) < 4.78 is 32.6. The summed E-state index contributed by atoms with van der Waals surface area (Å²) in [5, 5.41) is 10.9. The summed E-state index contributed by atoms with van der Waals surface area (Å²) in [7, 11) is -3.66. The highest BCUT2D eigenvalue weighted by atomic mass is 32.2. The van der Waals surface area contributed by atoms with E-state index < -0.39 is 15.6 Å². The fourth-order valence-corrected chi connectivity index (χ4v) is 3.76. The monoisotopic (exact) mass is 321 g/mol. The molecule has 1 atom stereocenters. The van der Waals surface area contributed by atoms with Crippen LogP contribution in [0.4, 0.5) is 0 Å². The molecule has 2 N–H and O–H groups in total. The van der Waals surface area contributed by atoms with Gasteiger partial charge in [-0.15, -0.1) is 0 Å². The van der Waals surface area contributed by atoms with Crippen LogP contribution in [0.3, 0.4) is 0 Å². The van der Waals surface area contributed by atoms with Crippen molar-refractivity contribution >= 4 is 10.0 Å². The van der Waals surface area contributed by atoms with Crippen molar-refractivity contribution in [1.82, 2.24) is 4.72 Å². The van der Waals surface area contributed by atoms with Crippen molar-refractivity contribution in [3.63, 3.8) is 0 Å². The van der Waals surface area contributed by atoms with Crippen molar-refractivity contribution in [2.45, 2.75) is 30.3 Å². The van der Waals surface area contributed by atoms with Crippen LogP contribution in [0.5, 0.6) is 0 Å². The molecule has 1 saturated carbocycles. The van der Waals surface area contributed by atoms with Crippen LogP contribution in [0, 0.1) is 12.8 Å². The molecule has 1 aromatic carbocycles. The zero-order valence-corrected chi connectivity index (χ0v) is 13.1. The van der Waals surface area contributed by atoms with Gasteiger partial charge >= 0.3 is 0 Å². The average molecular weight is 321 g/mol. The number of benzene rings is 1. The topological polar surface area (TPSA) is 79.5 Å². The molecular formula is C16H19NO4S. The van der Waals surface area contributed by atoms with Gasteiger partial charge in [0, 0.05) is 6.54 Å². The Morgan fingerprint density at radius 2 is 2.09 bits per heavy atom. The van der Waals surface area contributed by atoms with Crippen LogP contribution in [-0.4, -0.2) is 20.1 Å². The van der Waals surface area contributed by atoms with Gasteiger partial charge in [0.05, 0.1) is 11.2 Å². The molecule has 118 valence electrons. The van der Waals surface area contributed by atoms with Crippen LogP contribution >= 0.6 is 0 Å². The number of hydrogen-bond acceptors (Lipinski definition) is 4. The van der Waals surface area contributed by atoms with Crippen LogP contribution in [0.25, 0.3) is 0 Å². The van der Waals surface area contributed by atoms with Crippen LogP contribution in [0.1, 0.15) is 24.2 Å². The molecule has 1 fully saturated rings. The molecule has 1 heterocycles. The van der Waals surface area contributed by atoms with Crippen molar-refractivity contribution in [3.05, 3.63) is 54.0 Å². The van der Waals surface area contributed by atoms with Gasteiger partial charge in [-0.2, -0.15) is 0 Å². The lowest BCUT2D eigenvalue weighted by molar-refractivity contribution is -0.00224. The van der Waals surface area contributed by atoms with Gasteiger partial charge in [-0.25, -0.2) is 13.1 Å². The Morgan fingerprint density at radius 1 is 1.32 bits per heavy atom. The number of furan rings is 1. The second kappa shape index (κ2) is 5.53. The standard InChI is InChI=1S/C16H19NO4S/c1-12-4-2-5-14(10-12)22(19,20)17-11-16(18,13-7-8-13)15-6-3-9-21-15/h2-6,9-10,13,17-18H,7-8,11H2,1H3. The van der Waals surface area contributed by atoms with E-state index in [-0.39, 0.29) is 17.4 Å². The Labute approximate surface area is 130 Å². The molecule has 0 saturated heterocycles. The summed E-state index contributed by atoms with van der Waals surface area (Å²) in [4.78, 5) is 0.199. The Hall–Kier alpha value is -1.63. The number of aliphatic hydroxyl groups is 1. The fraction of sp³-hybridized carbons (Fsp3) is 0.375.